The lowest BCUT2D eigenvalue weighted by molar-refractivity contribution is 0.0696. The van der Waals surface area contributed by atoms with E-state index in [4.69, 9.17) is 23.4 Å². The smallest absolute Gasteiger partial charge is 0.410 e. The third kappa shape index (κ3) is 8.17. The van der Waals surface area contributed by atoms with E-state index in [2.05, 4.69) is 46.9 Å². The van der Waals surface area contributed by atoms with Gasteiger partial charge in [0.25, 0.3) is 0 Å². The van der Waals surface area contributed by atoms with E-state index in [1.165, 1.54) is 0 Å². The number of rotatable bonds is 12. The van der Waals surface area contributed by atoms with Crippen LogP contribution in [0.1, 0.15) is 68.6 Å². The molecule has 3 N–H and O–H groups in total. The predicted octanol–water partition coefficient (Wildman–Crippen LogP) is 6.49. The molecule has 0 aliphatic carbocycles. The van der Waals surface area contributed by atoms with Gasteiger partial charge in [0.1, 0.15) is 36.6 Å². The van der Waals surface area contributed by atoms with Gasteiger partial charge in [0, 0.05) is 22.2 Å². The summed E-state index contributed by atoms with van der Waals surface area (Å²) in [5.74, 6) is 1.35. The zero-order valence-electron chi connectivity index (χ0n) is 26.1. The van der Waals surface area contributed by atoms with E-state index in [1.807, 2.05) is 42.5 Å². The average Bonchev–Trinajstić information content (AvgIpc) is 2.96. The summed E-state index contributed by atoms with van der Waals surface area (Å²) in [5.41, 5.74) is 3.28. The van der Waals surface area contributed by atoms with E-state index in [1.54, 1.807) is 24.3 Å². The number of fused-ring (bicyclic) bond motifs is 1. The Morgan fingerprint density at radius 1 is 0.907 bits per heavy atom. The van der Waals surface area contributed by atoms with Gasteiger partial charge in [-0.2, -0.15) is 0 Å². The van der Waals surface area contributed by atoms with Crippen LogP contribution in [0.5, 0.6) is 17.2 Å². The number of aromatic carboxylic acids is 1. The number of carbonyl (C=O) groups is 1. The Labute approximate surface area is 256 Å². The summed E-state index contributed by atoms with van der Waals surface area (Å²) in [5, 5.41) is 22.6. The quantitative estimate of drug-likeness (QED) is 0.159. The summed E-state index contributed by atoms with van der Waals surface area (Å²) in [6.07, 6.45) is 0.161. The number of ether oxygens (including phenoxy) is 2. The summed E-state index contributed by atoms with van der Waals surface area (Å²) in [6, 6.07) is 20.3. The van der Waals surface area contributed by atoms with Crippen molar-refractivity contribution in [2.45, 2.75) is 77.4 Å². The molecule has 3 aromatic carbocycles. The minimum atomic E-state index is -2.57. The molecule has 3 aromatic rings. The third-order valence-corrected chi connectivity index (χ3v) is 12.6. The van der Waals surface area contributed by atoms with E-state index < -0.39 is 20.6 Å². The maximum atomic E-state index is 11.0. The molecule has 0 amide bonds. The van der Waals surface area contributed by atoms with Gasteiger partial charge in [0.2, 0.25) is 0 Å². The van der Waals surface area contributed by atoms with Crippen LogP contribution < -0.4 is 19.2 Å². The number of aliphatic hydroxyl groups is 1. The van der Waals surface area contributed by atoms with Gasteiger partial charge in [-0.25, -0.2) is 4.79 Å². The van der Waals surface area contributed by atoms with Crippen LogP contribution in [0.3, 0.4) is 0 Å². The SMILES string of the molecule is CC(C)(C)[Si]1(C(C)(C)C)OCc2cc(OC[C@@H](O)CNCCc3ccc(OCc4ccc(C(=O)O)cc4)cc3)ccc2O1. The van der Waals surface area contributed by atoms with Crippen LogP contribution in [-0.4, -0.2) is 50.5 Å². The highest BCUT2D eigenvalue weighted by Crippen LogP contribution is 2.54. The Hall–Kier alpha value is -3.37. The van der Waals surface area contributed by atoms with Crippen LogP contribution in [0.2, 0.25) is 10.1 Å². The third-order valence-electron chi connectivity index (χ3n) is 7.63. The molecule has 1 heterocycles. The Balaban J connectivity index is 1.17. The molecule has 0 bridgehead atoms. The molecule has 1 atom stereocenters. The lowest BCUT2D eigenvalue weighted by Gasteiger charge is -2.50. The van der Waals surface area contributed by atoms with Gasteiger partial charge in [-0.1, -0.05) is 65.8 Å². The van der Waals surface area contributed by atoms with Crippen LogP contribution in [0.4, 0.5) is 0 Å². The van der Waals surface area contributed by atoms with Crippen LogP contribution in [0.15, 0.2) is 66.7 Å². The number of carboxylic acids is 1. The summed E-state index contributed by atoms with van der Waals surface area (Å²) < 4.78 is 24.9. The Morgan fingerprint density at radius 3 is 2.16 bits per heavy atom. The van der Waals surface area contributed by atoms with E-state index in [0.29, 0.717) is 32.1 Å². The standard InChI is InChI=1S/C34H45NO7Si/c1-33(2,3)43(34(4,5)6)41-22-27-19-30(15-16-31(27)42-43)40-23-28(36)20-35-18-17-24-9-13-29(14-10-24)39-21-25-7-11-26(12-8-25)32(37)38/h7-16,19,28,35-36H,17-18,20-23H2,1-6H3,(H,37,38)/t28-/m0/s1. The van der Waals surface area contributed by atoms with Gasteiger partial charge in [-0.15, -0.1) is 0 Å². The molecular weight excluding hydrogens is 562 g/mol. The van der Waals surface area contributed by atoms with Gasteiger partial charge in [0.05, 0.1) is 12.2 Å². The first-order valence-electron chi connectivity index (χ1n) is 14.8. The molecule has 0 saturated carbocycles. The summed E-state index contributed by atoms with van der Waals surface area (Å²) in [6.45, 7) is 15.4. The Bertz CT molecular complexity index is 1350. The van der Waals surface area contributed by atoms with Crippen molar-refractivity contribution in [2.75, 3.05) is 19.7 Å². The van der Waals surface area contributed by atoms with Crippen LogP contribution >= 0.6 is 0 Å². The van der Waals surface area contributed by atoms with Crippen molar-refractivity contribution in [2.24, 2.45) is 0 Å². The highest BCUT2D eigenvalue weighted by molar-refractivity contribution is 6.74. The lowest BCUT2D eigenvalue weighted by Crippen LogP contribution is -2.61. The van der Waals surface area contributed by atoms with Crippen molar-refractivity contribution >= 4 is 14.5 Å². The fourth-order valence-corrected chi connectivity index (χ4v) is 10.2. The van der Waals surface area contributed by atoms with Crippen molar-refractivity contribution in [3.8, 4) is 17.2 Å². The minimum Gasteiger partial charge on any atom is -0.519 e. The molecular formula is C34H45NO7Si. The zero-order valence-corrected chi connectivity index (χ0v) is 27.1. The van der Waals surface area contributed by atoms with Crippen molar-refractivity contribution in [3.63, 3.8) is 0 Å². The first-order valence-corrected chi connectivity index (χ1v) is 16.6. The first-order chi connectivity index (χ1) is 20.3. The molecule has 0 aromatic heterocycles. The maximum Gasteiger partial charge on any atom is 0.410 e. The number of carboxylic acid groups (broad SMARTS) is 1. The topological polar surface area (TPSA) is 106 Å². The molecule has 4 rings (SSSR count). The fraction of sp³-hybridized carbons (Fsp3) is 0.441. The van der Waals surface area contributed by atoms with Crippen molar-refractivity contribution < 1.29 is 33.3 Å². The van der Waals surface area contributed by atoms with E-state index in [0.717, 1.165) is 34.6 Å². The Morgan fingerprint density at radius 2 is 1.53 bits per heavy atom. The molecule has 9 heteroatoms. The second-order valence-electron chi connectivity index (χ2n) is 13.1. The Kier molecular flexibility index (Phi) is 10.2. The molecule has 43 heavy (non-hydrogen) atoms. The summed E-state index contributed by atoms with van der Waals surface area (Å²) in [4.78, 5) is 11.0. The second kappa shape index (κ2) is 13.5. The molecule has 0 unspecified atom stereocenters. The van der Waals surface area contributed by atoms with Gasteiger partial charge in [-0.3, -0.25) is 0 Å². The van der Waals surface area contributed by atoms with Gasteiger partial charge in [-0.05, 0) is 66.6 Å². The fourth-order valence-electron chi connectivity index (χ4n) is 5.50. The van der Waals surface area contributed by atoms with E-state index >= 15 is 0 Å². The average molecular weight is 608 g/mol. The minimum absolute atomic E-state index is 0.0894. The van der Waals surface area contributed by atoms with Crippen molar-refractivity contribution in [1.29, 1.82) is 0 Å². The number of benzene rings is 3. The number of hydrogen-bond acceptors (Lipinski definition) is 7. The second-order valence-corrected chi connectivity index (χ2v) is 17.9. The normalized spacial score (nSPS) is 15.2. The van der Waals surface area contributed by atoms with E-state index in [9.17, 15) is 9.90 Å². The van der Waals surface area contributed by atoms with Crippen molar-refractivity contribution in [3.05, 3.63) is 89.0 Å². The highest BCUT2D eigenvalue weighted by atomic mass is 28.4. The highest BCUT2D eigenvalue weighted by Gasteiger charge is 2.61. The summed E-state index contributed by atoms with van der Waals surface area (Å²) in [7, 11) is -2.57. The summed E-state index contributed by atoms with van der Waals surface area (Å²) >= 11 is 0. The monoisotopic (exact) mass is 607 g/mol. The van der Waals surface area contributed by atoms with Gasteiger partial charge >= 0.3 is 14.5 Å². The molecule has 1 aliphatic heterocycles. The molecule has 0 radical (unpaired) electrons. The molecule has 0 fully saturated rings. The van der Waals surface area contributed by atoms with Crippen molar-refractivity contribution in [1.82, 2.24) is 5.32 Å². The molecule has 232 valence electrons. The van der Waals surface area contributed by atoms with Crippen LogP contribution in [0.25, 0.3) is 0 Å². The molecule has 0 spiro atoms. The molecule has 8 nitrogen and oxygen atoms in total. The zero-order chi connectivity index (χ0) is 31.3. The number of nitrogens with one attached hydrogen (secondary N) is 1. The first kappa shape index (κ1) is 32.5. The van der Waals surface area contributed by atoms with Crippen LogP contribution in [0, 0.1) is 0 Å². The lowest BCUT2D eigenvalue weighted by atomic mass is 10.1. The van der Waals surface area contributed by atoms with Crippen LogP contribution in [-0.2, 0) is 24.1 Å². The number of aliphatic hydroxyl groups excluding tert-OH is 1. The predicted molar refractivity (Wildman–Crippen MR) is 169 cm³/mol. The van der Waals surface area contributed by atoms with Gasteiger partial charge < -0.3 is 33.9 Å². The molecule has 1 aliphatic rings. The largest absolute Gasteiger partial charge is 0.519 e. The van der Waals surface area contributed by atoms with Gasteiger partial charge in [0.15, 0.2) is 0 Å². The number of hydrogen-bond donors (Lipinski definition) is 3. The molecule has 0 saturated heterocycles. The maximum absolute atomic E-state index is 11.0. The van der Waals surface area contributed by atoms with E-state index in [-0.39, 0.29) is 22.2 Å².